The molecule has 1 aromatic rings. The molecular weight excluding hydrogens is 286 g/mol. The molecule has 0 amide bonds. The molecule has 0 aromatic heterocycles. The molecular formula is C17H24ClNO2. The fourth-order valence-corrected chi connectivity index (χ4v) is 3.13. The highest BCUT2D eigenvalue weighted by molar-refractivity contribution is 6.30. The number of hydrogen-bond donors (Lipinski definition) is 2. The van der Waals surface area contributed by atoms with Gasteiger partial charge < -0.3 is 10.4 Å². The van der Waals surface area contributed by atoms with Crippen molar-refractivity contribution < 1.29 is 9.90 Å². The van der Waals surface area contributed by atoms with Crippen molar-refractivity contribution in [3.8, 4) is 0 Å². The van der Waals surface area contributed by atoms with Crippen LogP contribution in [0, 0.1) is 11.8 Å². The maximum absolute atomic E-state index is 11.3. The summed E-state index contributed by atoms with van der Waals surface area (Å²) in [5.74, 6) is -0.431. The van der Waals surface area contributed by atoms with E-state index in [1.807, 2.05) is 24.3 Å². The Balaban J connectivity index is 1.72. The van der Waals surface area contributed by atoms with Crippen molar-refractivity contribution in [2.75, 3.05) is 0 Å². The molecule has 1 fully saturated rings. The van der Waals surface area contributed by atoms with Crippen LogP contribution in [0.15, 0.2) is 24.3 Å². The van der Waals surface area contributed by atoms with Gasteiger partial charge in [-0.15, -0.1) is 0 Å². The second-order valence-corrected chi connectivity index (χ2v) is 6.46. The molecule has 1 aliphatic rings. The molecule has 0 radical (unpaired) electrons. The lowest BCUT2D eigenvalue weighted by Gasteiger charge is -2.39. The van der Waals surface area contributed by atoms with Crippen LogP contribution in [-0.4, -0.2) is 17.1 Å². The van der Waals surface area contributed by atoms with Crippen LogP contribution >= 0.6 is 11.6 Å². The largest absolute Gasteiger partial charge is 0.481 e. The number of carbonyl (C=O) groups is 1. The van der Waals surface area contributed by atoms with Crippen LogP contribution in [0.25, 0.3) is 0 Å². The van der Waals surface area contributed by atoms with E-state index in [0.717, 1.165) is 43.7 Å². The minimum Gasteiger partial charge on any atom is -0.481 e. The molecule has 2 N–H and O–H groups in total. The first-order valence-corrected chi connectivity index (χ1v) is 8.18. The molecule has 21 heavy (non-hydrogen) atoms. The Bertz CT molecular complexity index is 454. The van der Waals surface area contributed by atoms with Gasteiger partial charge in [0.25, 0.3) is 0 Å². The van der Waals surface area contributed by atoms with Crippen LogP contribution in [0.3, 0.4) is 0 Å². The first-order chi connectivity index (χ1) is 10.1. The Morgan fingerprint density at radius 1 is 1.38 bits per heavy atom. The van der Waals surface area contributed by atoms with E-state index < -0.39 is 5.97 Å². The lowest BCUT2D eigenvalue weighted by molar-refractivity contribution is -0.145. The number of carboxylic acids is 1. The van der Waals surface area contributed by atoms with Gasteiger partial charge in [0.05, 0.1) is 5.92 Å². The van der Waals surface area contributed by atoms with Crippen LogP contribution < -0.4 is 5.32 Å². The molecule has 1 atom stereocenters. The summed E-state index contributed by atoms with van der Waals surface area (Å²) in [5, 5.41) is 13.6. The highest BCUT2D eigenvalue weighted by atomic mass is 35.5. The molecule has 0 aliphatic heterocycles. The molecule has 0 bridgehead atoms. The fourth-order valence-electron chi connectivity index (χ4n) is 3.01. The van der Waals surface area contributed by atoms with Crippen molar-refractivity contribution >= 4 is 17.6 Å². The number of hydrogen-bond acceptors (Lipinski definition) is 2. The van der Waals surface area contributed by atoms with E-state index >= 15 is 0 Å². The van der Waals surface area contributed by atoms with E-state index in [4.69, 9.17) is 11.6 Å². The average Bonchev–Trinajstić information content (AvgIpc) is 2.41. The summed E-state index contributed by atoms with van der Waals surface area (Å²) in [6, 6.07) is 8.29. The Kier molecular flexibility index (Phi) is 6.07. The number of halogens is 1. The van der Waals surface area contributed by atoms with E-state index in [-0.39, 0.29) is 5.92 Å². The number of nitrogens with one attached hydrogen (secondary N) is 1. The Hall–Kier alpha value is -1.06. The second-order valence-electron chi connectivity index (χ2n) is 6.02. The molecule has 1 saturated carbocycles. The molecule has 1 unspecified atom stereocenters. The molecule has 0 spiro atoms. The van der Waals surface area contributed by atoms with Crippen LogP contribution in [-0.2, 0) is 11.3 Å². The normalized spacial score (nSPS) is 22.6. The SMILES string of the molecule is CCCCC(C(=O)O)C1CC(NCc2ccc(Cl)cc2)C1. The lowest BCUT2D eigenvalue weighted by Crippen LogP contribution is -2.45. The molecule has 4 heteroatoms. The number of aliphatic carboxylic acids is 1. The van der Waals surface area contributed by atoms with Crippen molar-refractivity contribution in [1.29, 1.82) is 0 Å². The summed E-state index contributed by atoms with van der Waals surface area (Å²) in [6.45, 7) is 2.93. The van der Waals surface area contributed by atoms with E-state index in [0.29, 0.717) is 12.0 Å². The third-order valence-corrected chi connectivity index (χ3v) is 4.69. The van der Waals surface area contributed by atoms with Gasteiger partial charge in [-0.25, -0.2) is 0 Å². The van der Waals surface area contributed by atoms with Crippen LogP contribution in [0.2, 0.25) is 5.02 Å². The Labute approximate surface area is 131 Å². The molecule has 0 saturated heterocycles. The monoisotopic (exact) mass is 309 g/mol. The minimum atomic E-state index is -0.621. The molecule has 3 nitrogen and oxygen atoms in total. The maximum atomic E-state index is 11.3. The third kappa shape index (κ3) is 4.72. The van der Waals surface area contributed by atoms with E-state index in [1.54, 1.807) is 0 Å². The smallest absolute Gasteiger partial charge is 0.306 e. The van der Waals surface area contributed by atoms with Crippen molar-refractivity contribution in [1.82, 2.24) is 5.32 Å². The predicted molar refractivity (Wildman–Crippen MR) is 85.5 cm³/mol. The van der Waals surface area contributed by atoms with Crippen LogP contribution in [0.4, 0.5) is 0 Å². The third-order valence-electron chi connectivity index (χ3n) is 4.44. The van der Waals surface area contributed by atoms with Gasteiger partial charge in [0, 0.05) is 17.6 Å². The summed E-state index contributed by atoms with van der Waals surface area (Å²) in [6.07, 6.45) is 4.86. The van der Waals surface area contributed by atoms with Gasteiger partial charge in [0.2, 0.25) is 0 Å². The van der Waals surface area contributed by atoms with Gasteiger partial charge in [-0.05, 0) is 42.9 Å². The van der Waals surface area contributed by atoms with Gasteiger partial charge in [-0.2, -0.15) is 0 Å². The first kappa shape index (κ1) is 16.3. The van der Waals surface area contributed by atoms with E-state index in [1.165, 1.54) is 5.56 Å². The highest BCUT2D eigenvalue weighted by Gasteiger charge is 2.37. The van der Waals surface area contributed by atoms with E-state index in [9.17, 15) is 9.90 Å². The van der Waals surface area contributed by atoms with Gasteiger partial charge >= 0.3 is 5.97 Å². The predicted octanol–water partition coefficient (Wildman–Crippen LogP) is 4.10. The average molecular weight is 310 g/mol. The topological polar surface area (TPSA) is 49.3 Å². The standard InChI is InChI=1S/C17H24ClNO2/c1-2-3-4-16(17(20)21)13-9-15(10-13)19-11-12-5-7-14(18)8-6-12/h5-8,13,15-16,19H,2-4,9-11H2,1H3,(H,20,21). The van der Waals surface area contributed by atoms with Gasteiger partial charge in [0.15, 0.2) is 0 Å². The summed E-state index contributed by atoms with van der Waals surface area (Å²) >= 11 is 5.86. The molecule has 0 heterocycles. The van der Waals surface area contributed by atoms with Gasteiger partial charge in [0.1, 0.15) is 0 Å². The molecule has 2 rings (SSSR count). The number of rotatable bonds is 8. The zero-order chi connectivity index (χ0) is 15.2. The fraction of sp³-hybridized carbons (Fsp3) is 0.588. The van der Waals surface area contributed by atoms with Crippen LogP contribution in [0.5, 0.6) is 0 Å². The number of unbranched alkanes of at least 4 members (excludes halogenated alkanes) is 1. The van der Waals surface area contributed by atoms with Gasteiger partial charge in [-0.3, -0.25) is 4.79 Å². The quantitative estimate of drug-likeness (QED) is 0.760. The van der Waals surface area contributed by atoms with E-state index in [2.05, 4.69) is 12.2 Å². The zero-order valence-corrected chi connectivity index (χ0v) is 13.3. The van der Waals surface area contributed by atoms with Crippen molar-refractivity contribution in [3.05, 3.63) is 34.9 Å². The summed E-state index contributed by atoms with van der Waals surface area (Å²) in [7, 11) is 0. The Morgan fingerprint density at radius 3 is 2.62 bits per heavy atom. The summed E-state index contributed by atoms with van der Waals surface area (Å²) in [5.41, 5.74) is 1.21. The molecule has 116 valence electrons. The second kappa shape index (κ2) is 7.81. The Morgan fingerprint density at radius 2 is 2.05 bits per heavy atom. The number of carboxylic acid groups (broad SMARTS) is 1. The van der Waals surface area contributed by atoms with Crippen molar-refractivity contribution in [2.45, 2.75) is 51.6 Å². The summed E-state index contributed by atoms with van der Waals surface area (Å²) < 4.78 is 0. The van der Waals surface area contributed by atoms with Crippen LogP contribution in [0.1, 0.15) is 44.6 Å². The highest BCUT2D eigenvalue weighted by Crippen LogP contribution is 2.36. The molecule has 1 aromatic carbocycles. The zero-order valence-electron chi connectivity index (χ0n) is 12.5. The number of benzene rings is 1. The minimum absolute atomic E-state index is 0.154. The maximum Gasteiger partial charge on any atom is 0.306 e. The van der Waals surface area contributed by atoms with Gasteiger partial charge in [-0.1, -0.05) is 43.5 Å². The lowest BCUT2D eigenvalue weighted by atomic mass is 9.70. The van der Waals surface area contributed by atoms with Crippen molar-refractivity contribution in [2.24, 2.45) is 11.8 Å². The molecule has 1 aliphatic carbocycles. The van der Waals surface area contributed by atoms with Crippen molar-refractivity contribution in [3.63, 3.8) is 0 Å². The first-order valence-electron chi connectivity index (χ1n) is 7.80. The summed E-state index contributed by atoms with van der Waals surface area (Å²) in [4.78, 5) is 11.3.